The first-order valence-electron chi connectivity index (χ1n) is 13.2. The van der Waals surface area contributed by atoms with Crippen molar-refractivity contribution in [3.63, 3.8) is 0 Å². The first-order chi connectivity index (χ1) is 19.2. The number of aryl methyl sites for hydroxylation is 1. The Labute approximate surface area is 251 Å². The number of methoxy groups -OCH3 is 1. The van der Waals surface area contributed by atoms with E-state index in [-0.39, 0.29) is 24.6 Å². The van der Waals surface area contributed by atoms with E-state index in [9.17, 15) is 18.0 Å². The highest BCUT2D eigenvalue weighted by molar-refractivity contribution is 9.10. The number of carbonyl (C=O) groups excluding carboxylic acids is 2. The highest BCUT2D eigenvalue weighted by Crippen LogP contribution is 2.31. The summed E-state index contributed by atoms with van der Waals surface area (Å²) in [5.41, 5.74) is 2.16. The van der Waals surface area contributed by atoms with E-state index in [0.717, 1.165) is 31.7 Å². The van der Waals surface area contributed by atoms with Gasteiger partial charge in [-0.25, -0.2) is 8.42 Å². The van der Waals surface area contributed by atoms with E-state index >= 15 is 0 Å². The van der Waals surface area contributed by atoms with E-state index in [1.165, 1.54) is 12.0 Å². The fourth-order valence-corrected chi connectivity index (χ4v) is 5.72. The number of nitrogens with one attached hydrogen (secondary N) is 1. The molecule has 3 aromatic rings. The van der Waals surface area contributed by atoms with Crippen molar-refractivity contribution in [2.45, 2.75) is 52.2 Å². The third-order valence-corrected chi connectivity index (χ3v) is 7.91. The lowest BCUT2D eigenvalue weighted by Crippen LogP contribution is -2.56. The molecule has 41 heavy (non-hydrogen) atoms. The van der Waals surface area contributed by atoms with Crippen LogP contribution >= 0.6 is 15.9 Å². The fourth-order valence-electron chi connectivity index (χ4n) is 4.43. The normalized spacial score (nSPS) is 12.4. The molecule has 3 aromatic carbocycles. The maximum Gasteiger partial charge on any atom is 0.244 e. The summed E-state index contributed by atoms with van der Waals surface area (Å²) in [6.07, 6.45) is 1.30. The summed E-state index contributed by atoms with van der Waals surface area (Å²) in [4.78, 5) is 29.5. The number of nitrogens with zero attached hydrogens (tertiary/aromatic N) is 2. The molecule has 10 heteroatoms. The Kier molecular flexibility index (Phi) is 10.6. The van der Waals surface area contributed by atoms with Gasteiger partial charge in [0.2, 0.25) is 21.8 Å². The van der Waals surface area contributed by atoms with Crippen molar-refractivity contribution in [2.24, 2.45) is 0 Å². The van der Waals surface area contributed by atoms with Crippen LogP contribution in [0.15, 0.2) is 77.3 Å². The quantitative estimate of drug-likeness (QED) is 0.314. The number of rotatable bonds is 11. The highest BCUT2D eigenvalue weighted by atomic mass is 79.9. The number of ether oxygens (including phenoxy) is 1. The van der Waals surface area contributed by atoms with Crippen molar-refractivity contribution in [1.82, 2.24) is 10.2 Å². The van der Waals surface area contributed by atoms with Crippen molar-refractivity contribution < 1.29 is 22.7 Å². The summed E-state index contributed by atoms with van der Waals surface area (Å²) in [6, 6.07) is 21.1. The van der Waals surface area contributed by atoms with Crippen molar-refractivity contribution in [1.29, 1.82) is 0 Å². The van der Waals surface area contributed by atoms with Crippen molar-refractivity contribution in [3.8, 4) is 5.75 Å². The number of hydrogen-bond donors (Lipinski definition) is 1. The van der Waals surface area contributed by atoms with Crippen LogP contribution < -0.4 is 14.4 Å². The van der Waals surface area contributed by atoms with Crippen LogP contribution in [0, 0.1) is 6.92 Å². The third-order valence-electron chi connectivity index (χ3n) is 6.29. The van der Waals surface area contributed by atoms with Gasteiger partial charge in [0.15, 0.2) is 0 Å². The van der Waals surface area contributed by atoms with Gasteiger partial charge in [0.1, 0.15) is 18.3 Å². The molecule has 3 rings (SSSR count). The second-order valence-corrected chi connectivity index (χ2v) is 13.9. The van der Waals surface area contributed by atoms with Crippen LogP contribution in [0.2, 0.25) is 0 Å². The number of halogens is 1. The van der Waals surface area contributed by atoms with Gasteiger partial charge in [-0.2, -0.15) is 0 Å². The van der Waals surface area contributed by atoms with Gasteiger partial charge < -0.3 is 15.0 Å². The van der Waals surface area contributed by atoms with Gasteiger partial charge >= 0.3 is 0 Å². The zero-order valence-electron chi connectivity index (χ0n) is 24.3. The highest BCUT2D eigenvalue weighted by Gasteiger charge is 2.35. The Hall–Kier alpha value is -3.37. The molecule has 1 N–H and O–H groups in total. The first-order valence-corrected chi connectivity index (χ1v) is 15.8. The average molecular weight is 645 g/mol. The van der Waals surface area contributed by atoms with Crippen molar-refractivity contribution in [2.75, 3.05) is 24.2 Å². The monoisotopic (exact) mass is 643 g/mol. The summed E-state index contributed by atoms with van der Waals surface area (Å²) in [5.74, 6) is -0.536. The molecule has 0 aliphatic rings. The molecule has 0 unspecified atom stereocenters. The molecular formula is C31H38BrN3O5S. The molecule has 0 spiro atoms. The summed E-state index contributed by atoms with van der Waals surface area (Å²) in [7, 11) is -2.46. The molecule has 0 aliphatic carbocycles. The summed E-state index contributed by atoms with van der Waals surface area (Å²) in [5, 5.41) is 3.02. The lowest BCUT2D eigenvalue weighted by molar-refractivity contribution is -0.140. The van der Waals surface area contributed by atoms with Crippen molar-refractivity contribution >= 4 is 43.5 Å². The van der Waals surface area contributed by atoms with Crippen LogP contribution in [-0.4, -0.2) is 56.6 Å². The minimum Gasteiger partial charge on any atom is -0.495 e. The Morgan fingerprint density at radius 2 is 1.63 bits per heavy atom. The van der Waals surface area contributed by atoms with Gasteiger partial charge in [-0.15, -0.1) is 0 Å². The predicted molar refractivity (Wildman–Crippen MR) is 166 cm³/mol. The largest absolute Gasteiger partial charge is 0.495 e. The van der Waals surface area contributed by atoms with E-state index in [4.69, 9.17) is 4.74 Å². The molecule has 8 nitrogen and oxygen atoms in total. The zero-order valence-corrected chi connectivity index (χ0v) is 26.8. The lowest BCUT2D eigenvalue weighted by atomic mass is 10.0. The summed E-state index contributed by atoms with van der Waals surface area (Å²) in [6.45, 7) is 7.04. The molecule has 2 amide bonds. The van der Waals surface area contributed by atoms with Crippen LogP contribution in [0.5, 0.6) is 5.75 Å². The molecule has 0 aliphatic heterocycles. The molecular weight excluding hydrogens is 606 g/mol. The molecule has 220 valence electrons. The van der Waals surface area contributed by atoms with Gasteiger partial charge in [-0.1, -0.05) is 64.5 Å². The SMILES string of the molecule is COc1ccc(C)cc1N(CC(=O)N(Cc1cccc(Br)c1)[C@H](Cc1ccccc1)C(=O)NC(C)(C)C)S(C)(=O)=O. The van der Waals surface area contributed by atoms with Gasteiger partial charge in [-0.3, -0.25) is 13.9 Å². The molecule has 1 atom stereocenters. The molecule has 0 saturated heterocycles. The van der Waals surface area contributed by atoms with Crippen LogP contribution in [0.1, 0.15) is 37.5 Å². The number of sulfonamides is 1. The van der Waals surface area contributed by atoms with Gasteiger partial charge in [-0.05, 0) is 68.7 Å². The van der Waals surface area contributed by atoms with Gasteiger partial charge in [0.05, 0.1) is 19.1 Å². The minimum atomic E-state index is -3.91. The van der Waals surface area contributed by atoms with Crippen LogP contribution in [0.25, 0.3) is 0 Å². The maximum atomic E-state index is 14.2. The van der Waals surface area contributed by atoms with E-state index in [1.54, 1.807) is 18.2 Å². The lowest BCUT2D eigenvalue weighted by Gasteiger charge is -2.35. The number of carbonyl (C=O) groups is 2. The number of amides is 2. The van der Waals surface area contributed by atoms with Crippen LogP contribution in [0.3, 0.4) is 0 Å². The van der Waals surface area contributed by atoms with E-state index in [2.05, 4.69) is 21.2 Å². The Balaban J connectivity index is 2.12. The number of benzene rings is 3. The molecule has 0 aromatic heterocycles. The molecule has 0 saturated carbocycles. The average Bonchev–Trinajstić information content (AvgIpc) is 2.88. The molecule has 0 fully saturated rings. The van der Waals surface area contributed by atoms with Gasteiger partial charge in [0.25, 0.3) is 0 Å². The second kappa shape index (κ2) is 13.5. The first kappa shape index (κ1) is 32.1. The smallest absolute Gasteiger partial charge is 0.244 e. The van der Waals surface area contributed by atoms with Crippen molar-refractivity contribution in [3.05, 3.63) is 94.0 Å². The standard InChI is InChI=1S/C31H38BrN3O5S/c1-22-15-16-28(40-5)26(17-22)35(41(6,38)39)21-29(36)34(20-24-13-10-14-25(32)18-24)27(30(37)33-31(2,3)4)19-23-11-8-7-9-12-23/h7-18,27H,19-21H2,1-6H3,(H,33,37)/t27-/m1/s1. The Bertz CT molecular complexity index is 1470. The fraction of sp³-hybridized carbons (Fsp3) is 0.355. The number of hydrogen-bond acceptors (Lipinski definition) is 5. The van der Waals surface area contributed by atoms with Gasteiger partial charge in [0, 0.05) is 23.0 Å². The summed E-state index contributed by atoms with van der Waals surface area (Å²) >= 11 is 3.48. The van der Waals surface area contributed by atoms with E-state index < -0.39 is 34.1 Å². The Morgan fingerprint density at radius 3 is 2.22 bits per heavy atom. The number of anilines is 1. The topological polar surface area (TPSA) is 96.0 Å². The predicted octanol–water partition coefficient (Wildman–Crippen LogP) is 5.09. The minimum absolute atomic E-state index is 0.0931. The van der Waals surface area contributed by atoms with E-state index in [1.807, 2.05) is 82.3 Å². The van der Waals surface area contributed by atoms with Crippen LogP contribution in [-0.2, 0) is 32.6 Å². The molecule has 0 radical (unpaired) electrons. The second-order valence-electron chi connectivity index (χ2n) is 11.0. The molecule has 0 heterocycles. The maximum absolute atomic E-state index is 14.2. The van der Waals surface area contributed by atoms with E-state index in [0.29, 0.717) is 5.75 Å². The van der Waals surface area contributed by atoms with Crippen LogP contribution in [0.4, 0.5) is 5.69 Å². The third kappa shape index (κ3) is 9.33. The Morgan fingerprint density at radius 1 is 0.976 bits per heavy atom. The summed E-state index contributed by atoms with van der Waals surface area (Å²) < 4.78 is 33.4. The molecule has 0 bridgehead atoms. The zero-order chi connectivity index (χ0) is 30.4.